The molecule has 0 aromatic heterocycles. The van der Waals surface area contributed by atoms with E-state index in [1.807, 2.05) is 0 Å². The van der Waals surface area contributed by atoms with Crippen molar-refractivity contribution in [2.45, 2.75) is 79.1 Å². The van der Waals surface area contributed by atoms with Gasteiger partial charge in [-0.2, -0.15) is 0 Å². The van der Waals surface area contributed by atoms with E-state index in [-0.39, 0.29) is 0 Å². The second-order valence-corrected chi connectivity index (χ2v) is 4.76. The van der Waals surface area contributed by atoms with E-state index in [4.69, 9.17) is 0 Å². The van der Waals surface area contributed by atoms with Gasteiger partial charge in [-0.15, -0.1) is 0 Å². The number of hydrogen-bond acceptors (Lipinski definition) is 0. The van der Waals surface area contributed by atoms with Gasteiger partial charge in [0.25, 0.3) is 0 Å². The van der Waals surface area contributed by atoms with Gasteiger partial charge in [0.05, 0.1) is 0 Å². The molecule has 0 heteroatoms. The van der Waals surface area contributed by atoms with Crippen LogP contribution in [0.3, 0.4) is 0 Å². The lowest BCUT2D eigenvalue weighted by Crippen LogP contribution is -2.09. The molecule has 0 rings (SSSR count). The van der Waals surface area contributed by atoms with E-state index >= 15 is 0 Å². The van der Waals surface area contributed by atoms with Crippen LogP contribution in [-0.4, -0.2) is 0 Å². The lowest BCUT2D eigenvalue weighted by molar-refractivity contribution is 0.307. The molecule has 0 aliphatic carbocycles. The highest BCUT2D eigenvalue weighted by atomic mass is 14.2. The molecule has 2 atom stereocenters. The van der Waals surface area contributed by atoms with Crippen molar-refractivity contribution < 1.29 is 0 Å². The summed E-state index contributed by atoms with van der Waals surface area (Å²) in [6.45, 7) is 9.38. The molecule has 0 saturated carbocycles. The molecule has 0 aliphatic rings. The Balaban J connectivity index is 3.42. The topological polar surface area (TPSA) is 0 Å². The molecule has 0 spiro atoms. The second-order valence-electron chi connectivity index (χ2n) is 4.76. The van der Waals surface area contributed by atoms with Gasteiger partial charge in [0.1, 0.15) is 0 Å². The average molecular weight is 198 g/mol. The molecule has 0 aliphatic heterocycles. The van der Waals surface area contributed by atoms with E-state index in [9.17, 15) is 0 Å². The summed E-state index contributed by atoms with van der Waals surface area (Å²) in [7, 11) is 0. The summed E-state index contributed by atoms with van der Waals surface area (Å²) in [6, 6.07) is 0. The summed E-state index contributed by atoms with van der Waals surface area (Å²) >= 11 is 0. The molecule has 0 bridgehead atoms. The van der Waals surface area contributed by atoms with Crippen LogP contribution in [-0.2, 0) is 0 Å². The summed E-state index contributed by atoms with van der Waals surface area (Å²) in [5.74, 6) is 1.92. The van der Waals surface area contributed by atoms with Gasteiger partial charge < -0.3 is 0 Å². The van der Waals surface area contributed by atoms with Gasteiger partial charge in [-0.05, 0) is 11.8 Å². The zero-order valence-corrected chi connectivity index (χ0v) is 10.8. The summed E-state index contributed by atoms with van der Waals surface area (Å²) < 4.78 is 0. The van der Waals surface area contributed by atoms with Crippen LogP contribution in [0.2, 0.25) is 0 Å². The molecule has 14 heavy (non-hydrogen) atoms. The van der Waals surface area contributed by atoms with Gasteiger partial charge in [-0.1, -0.05) is 79.1 Å². The number of hydrogen-bond donors (Lipinski definition) is 0. The third kappa shape index (κ3) is 6.45. The standard InChI is InChI=1S/C14H30/c1-5-8-9-10-11-12-14(7-3)13(4)6-2/h13-14H,5-12H2,1-4H3. The normalized spacial score (nSPS) is 15.4. The Morgan fingerprint density at radius 2 is 1.43 bits per heavy atom. The fourth-order valence-electron chi connectivity index (χ4n) is 2.23. The summed E-state index contributed by atoms with van der Waals surface area (Å²) in [4.78, 5) is 0. The quantitative estimate of drug-likeness (QED) is 0.434. The lowest BCUT2D eigenvalue weighted by Gasteiger charge is -2.21. The fourth-order valence-corrected chi connectivity index (χ4v) is 2.23. The number of unbranched alkanes of at least 4 members (excludes halogenated alkanes) is 4. The van der Waals surface area contributed by atoms with E-state index in [2.05, 4.69) is 27.7 Å². The Hall–Kier alpha value is 0. The van der Waals surface area contributed by atoms with Crippen molar-refractivity contribution in [1.29, 1.82) is 0 Å². The minimum atomic E-state index is 0.936. The molecule has 2 unspecified atom stereocenters. The van der Waals surface area contributed by atoms with Gasteiger partial charge >= 0.3 is 0 Å². The molecular weight excluding hydrogens is 168 g/mol. The molecular formula is C14H30. The first-order valence-corrected chi connectivity index (χ1v) is 6.76. The van der Waals surface area contributed by atoms with E-state index in [1.165, 1.54) is 51.4 Å². The SMILES string of the molecule is CCCCCCCC(CC)C(C)CC. The highest BCUT2D eigenvalue weighted by Gasteiger charge is 2.12. The maximum Gasteiger partial charge on any atom is -0.0391 e. The van der Waals surface area contributed by atoms with Gasteiger partial charge in [0.15, 0.2) is 0 Å². The predicted molar refractivity (Wildman–Crippen MR) is 66.6 cm³/mol. The van der Waals surface area contributed by atoms with E-state index in [0.717, 1.165) is 11.8 Å². The van der Waals surface area contributed by atoms with Crippen LogP contribution in [0.5, 0.6) is 0 Å². The van der Waals surface area contributed by atoms with E-state index in [0.29, 0.717) is 0 Å². The smallest absolute Gasteiger partial charge is 0.0391 e. The first-order chi connectivity index (χ1) is 6.76. The molecule has 0 amide bonds. The molecule has 86 valence electrons. The van der Waals surface area contributed by atoms with Crippen LogP contribution in [0.15, 0.2) is 0 Å². The van der Waals surface area contributed by atoms with Crippen molar-refractivity contribution in [3.8, 4) is 0 Å². The molecule has 0 fully saturated rings. The van der Waals surface area contributed by atoms with Crippen LogP contribution < -0.4 is 0 Å². The van der Waals surface area contributed by atoms with E-state index < -0.39 is 0 Å². The average Bonchev–Trinajstić information content (AvgIpc) is 2.22. The van der Waals surface area contributed by atoms with E-state index in [1.54, 1.807) is 0 Å². The monoisotopic (exact) mass is 198 g/mol. The van der Waals surface area contributed by atoms with Crippen molar-refractivity contribution in [1.82, 2.24) is 0 Å². The Kier molecular flexibility index (Phi) is 9.55. The highest BCUT2D eigenvalue weighted by molar-refractivity contribution is 4.64. The molecule has 0 saturated heterocycles. The molecule has 0 N–H and O–H groups in total. The zero-order chi connectivity index (χ0) is 10.8. The van der Waals surface area contributed by atoms with Crippen LogP contribution in [0, 0.1) is 11.8 Å². The van der Waals surface area contributed by atoms with Crippen LogP contribution in [0.25, 0.3) is 0 Å². The lowest BCUT2D eigenvalue weighted by atomic mass is 9.85. The molecule has 0 aromatic carbocycles. The maximum absolute atomic E-state index is 2.42. The molecule has 0 heterocycles. The van der Waals surface area contributed by atoms with Crippen molar-refractivity contribution in [3.05, 3.63) is 0 Å². The number of rotatable bonds is 9. The third-order valence-electron chi connectivity index (χ3n) is 3.65. The summed E-state index contributed by atoms with van der Waals surface area (Å²) in [5.41, 5.74) is 0. The van der Waals surface area contributed by atoms with Crippen molar-refractivity contribution in [2.75, 3.05) is 0 Å². The predicted octanol–water partition coefficient (Wildman–Crippen LogP) is 5.42. The van der Waals surface area contributed by atoms with Crippen molar-refractivity contribution >= 4 is 0 Å². The van der Waals surface area contributed by atoms with Gasteiger partial charge in [0, 0.05) is 0 Å². The van der Waals surface area contributed by atoms with Gasteiger partial charge in [0.2, 0.25) is 0 Å². The molecule has 0 radical (unpaired) electrons. The largest absolute Gasteiger partial charge is 0.0654 e. The Morgan fingerprint density at radius 3 is 1.93 bits per heavy atom. The third-order valence-corrected chi connectivity index (χ3v) is 3.65. The Morgan fingerprint density at radius 1 is 0.786 bits per heavy atom. The summed E-state index contributed by atoms with van der Waals surface area (Å²) in [6.07, 6.45) is 11.4. The molecule has 0 aromatic rings. The summed E-state index contributed by atoms with van der Waals surface area (Å²) in [5, 5.41) is 0. The highest BCUT2D eigenvalue weighted by Crippen LogP contribution is 2.24. The maximum atomic E-state index is 2.42. The van der Waals surface area contributed by atoms with Gasteiger partial charge in [-0.25, -0.2) is 0 Å². The van der Waals surface area contributed by atoms with Crippen LogP contribution in [0.4, 0.5) is 0 Å². The zero-order valence-electron chi connectivity index (χ0n) is 10.8. The first kappa shape index (κ1) is 14.0. The molecule has 0 nitrogen and oxygen atoms in total. The van der Waals surface area contributed by atoms with Crippen LogP contribution in [0.1, 0.15) is 79.1 Å². The minimum absolute atomic E-state index is 0.936. The fraction of sp³-hybridized carbons (Fsp3) is 1.00. The second kappa shape index (κ2) is 9.55. The Labute approximate surface area is 91.5 Å². The van der Waals surface area contributed by atoms with Crippen molar-refractivity contribution in [2.24, 2.45) is 11.8 Å². The first-order valence-electron chi connectivity index (χ1n) is 6.76. The van der Waals surface area contributed by atoms with Crippen LogP contribution >= 0.6 is 0 Å². The Bertz CT molecular complexity index is 107. The van der Waals surface area contributed by atoms with Crippen molar-refractivity contribution in [3.63, 3.8) is 0 Å². The van der Waals surface area contributed by atoms with Gasteiger partial charge in [-0.3, -0.25) is 0 Å². The minimum Gasteiger partial charge on any atom is -0.0654 e.